The van der Waals surface area contributed by atoms with E-state index in [1.807, 2.05) is 18.2 Å². The molecule has 2 aromatic carbocycles. The van der Waals surface area contributed by atoms with Gasteiger partial charge in [0.1, 0.15) is 5.58 Å². The van der Waals surface area contributed by atoms with Gasteiger partial charge in [0.15, 0.2) is 5.76 Å². The van der Waals surface area contributed by atoms with Crippen LogP contribution in [0.2, 0.25) is 0 Å². The van der Waals surface area contributed by atoms with Crippen LogP contribution in [0.1, 0.15) is 26.5 Å². The van der Waals surface area contributed by atoms with E-state index in [0.717, 1.165) is 10.9 Å². The molecule has 3 N–H and O–H groups in total. The van der Waals surface area contributed by atoms with Gasteiger partial charge in [-0.3, -0.25) is 19.4 Å². The second-order valence-corrected chi connectivity index (χ2v) is 7.32. The molecule has 0 aliphatic heterocycles. The van der Waals surface area contributed by atoms with Crippen LogP contribution in [0.15, 0.2) is 83.5 Å². The largest absolute Gasteiger partial charge is 0.451 e. The van der Waals surface area contributed by atoms with E-state index in [0.29, 0.717) is 29.9 Å². The first-order valence-corrected chi connectivity index (χ1v) is 10.4. The number of benzene rings is 2. The Hall–Kier alpha value is -4.46. The first-order valence-electron chi connectivity index (χ1n) is 10.4. The third-order valence-corrected chi connectivity index (χ3v) is 4.88. The topological polar surface area (TPSA) is 113 Å². The molecule has 33 heavy (non-hydrogen) atoms. The molecule has 166 valence electrons. The van der Waals surface area contributed by atoms with Crippen molar-refractivity contribution in [1.82, 2.24) is 15.6 Å². The monoisotopic (exact) mass is 442 g/mol. The summed E-state index contributed by atoms with van der Waals surface area (Å²) in [6.45, 7) is 0.628. The quantitative estimate of drug-likeness (QED) is 0.363. The Bertz CT molecular complexity index is 1230. The number of rotatable bonds is 8. The van der Waals surface area contributed by atoms with Gasteiger partial charge in [-0.15, -0.1) is 0 Å². The van der Waals surface area contributed by atoms with Crippen molar-refractivity contribution in [2.75, 3.05) is 18.4 Å². The zero-order valence-corrected chi connectivity index (χ0v) is 17.7. The van der Waals surface area contributed by atoms with Gasteiger partial charge in [0.25, 0.3) is 11.8 Å². The van der Waals surface area contributed by atoms with Crippen LogP contribution in [-0.2, 0) is 11.2 Å². The second-order valence-electron chi connectivity index (χ2n) is 7.32. The molecule has 0 fully saturated rings. The normalized spacial score (nSPS) is 10.5. The summed E-state index contributed by atoms with van der Waals surface area (Å²) >= 11 is 0. The Morgan fingerprint density at radius 2 is 1.64 bits per heavy atom. The number of furan rings is 1. The van der Waals surface area contributed by atoms with Gasteiger partial charge < -0.3 is 20.4 Å². The SMILES string of the molecule is O=C(Cc1ccc(NC(=O)c2cc3ccccc3o2)cc1)NCCNC(=O)c1cccnc1. The average Bonchev–Trinajstić information content (AvgIpc) is 3.28. The Labute approximate surface area is 190 Å². The molecular weight excluding hydrogens is 420 g/mol. The number of hydrogen-bond acceptors (Lipinski definition) is 5. The van der Waals surface area contributed by atoms with Crippen LogP contribution in [0.5, 0.6) is 0 Å². The van der Waals surface area contributed by atoms with Crippen molar-refractivity contribution in [2.45, 2.75) is 6.42 Å². The zero-order valence-electron chi connectivity index (χ0n) is 17.7. The maximum atomic E-state index is 12.4. The van der Waals surface area contributed by atoms with Crippen molar-refractivity contribution in [2.24, 2.45) is 0 Å². The lowest BCUT2D eigenvalue weighted by Crippen LogP contribution is -2.35. The van der Waals surface area contributed by atoms with Crippen molar-refractivity contribution in [3.8, 4) is 0 Å². The van der Waals surface area contributed by atoms with Gasteiger partial charge in [-0.2, -0.15) is 0 Å². The fourth-order valence-electron chi connectivity index (χ4n) is 3.22. The maximum Gasteiger partial charge on any atom is 0.291 e. The maximum absolute atomic E-state index is 12.4. The molecule has 0 saturated heterocycles. The molecule has 0 aliphatic carbocycles. The van der Waals surface area contributed by atoms with Crippen molar-refractivity contribution in [3.63, 3.8) is 0 Å². The highest BCUT2D eigenvalue weighted by molar-refractivity contribution is 6.04. The number of fused-ring (bicyclic) bond motifs is 1. The molecule has 0 radical (unpaired) electrons. The molecule has 0 saturated carbocycles. The van der Waals surface area contributed by atoms with Crippen molar-refractivity contribution in [3.05, 3.63) is 96.0 Å². The third-order valence-electron chi connectivity index (χ3n) is 4.88. The number of hydrogen-bond donors (Lipinski definition) is 3. The Balaban J connectivity index is 1.21. The smallest absolute Gasteiger partial charge is 0.291 e. The van der Waals surface area contributed by atoms with E-state index in [2.05, 4.69) is 20.9 Å². The van der Waals surface area contributed by atoms with Crippen molar-refractivity contribution >= 4 is 34.4 Å². The summed E-state index contributed by atoms with van der Waals surface area (Å²) < 4.78 is 5.57. The van der Waals surface area contributed by atoms with Crippen LogP contribution < -0.4 is 16.0 Å². The predicted molar refractivity (Wildman–Crippen MR) is 124 cm³/mol. The first kappa shape index (κ1) is 21.8. The van der Waals surface area contributed by atoms with Gasteiger partial charge >= 0.3 is 0 Å². The lowest BCUT2D eigenvalue weighted by atomic mass is 10.1. The minimum Gasteiger partial charge on any atom is -0.451 e. The summed E-state index contributed by atoms with van der Waals surface area (Å²) in [5.41, 5.74) is 2.52. The summed E-state index contributed by atoms with van der Waals surface area (Å²) in [5.74, 6) is -0.511. The minimum absolute atomic E-state index is 0.162. The van der Waals surface area contributed by atoms with Crippen LogP contribution in [0.25, 0.3) is 11.0 Å². The lowest BCUT2D eigenvalue weighted by molar-refractivity contribution is -0.120. The number of aromatic nitrogens is 1. The van der Waals surface area contributed by atoms with E-state index in [4.69, 9.17) is 4.42 Å². The Morgan fingerprint density at radius 1 is 0.848 bits per heavy atom. The molecule has 0 unspecified atom stereocenters. The van der Waals surface area contributed by atoms with Gasteiger partial charge in [-0.05, 0) is 42.0 Å². The molecule has 3 amide bonds. The number of amides is 3. The molecule has 2 heterocycles. The van der Waals surface area contributed by atoms with Crippen LogP contribution in [0, 0.1) is 0 Å². The molecule has 4 rings (SSSR count). The van der Waals surface area contributed by atoms with E-state index in [1.165, 1.54) is 6.20 Å². The Kier molecular flexibility index (Phi) is 6.75. The highest BCUT2D eigenvalue weighted by Crippen LogP contribution is 2.20. The fourth-order valence-corrected chi connectivity index (χ4v) is 3.22. The molecular formula is C25H22N4O4. The zero-order chi connectivity index (χ0) is 23.0. The van der Waals surface area contributed by atoms with E-state index in [9.17, 15) is 14.4 Å². The summed E-state index contributed by atoms with van der Waals surface area (Å²) in [6, 6.07) is 19.5. The fraction of sp³-hybridized carbons (Fsp3) is 0.120. The van der Waals surface area contributed by atoms with Crippen molar-refractivity contribution < 1.29 is 18.8 Å². The summed E-state index contributed by atoms with van der Waals surface area (Å²) in [6.07, 6.45) is 3.27. The molecule has 2 aromatic heterocycles. The van der Waals surface area contributed by atoms with Gasteiger partial charge in [0.2, 0.25) is 5.91 Å². The number of nitrogens with one attached hydrogen (secondary N) is 3. The lowest BCUT2D eigenvalue weighted by Gasteiger charge is -2.08. The van der Waals surface area contributed by atoms with Crippen LogP contribution in [-0.4, -0.2) is 35.8 Å². The molecule has 0 spiro atoms. The second kappa shape index (κ2) is 10.2. The number of pyridine rings is 1. The van der Waals surface area contributed by atoms with Crippen LogP contribution in [0.4, 0.5) is 5.69 Å². The first-order chi connectivity index (χ1) is 16.1. The number of carbonyl (C=O) groups excluding carboxylic acids is 3. The Morgan fingerprint density at radius 3 is 2.39 bits per heavy atom. The standard InChI is InChI=1S/C25H22N4O4/c30-23(27-12-13-28-24(31)19-5-3-11-26-16-19)14-17-7-9-20(10-8-17)29-25(32)22-15-18-4-1-2-6-21(18)33-22/h1-11,15-16H,12-14H2,(H,27,30)(H,28,31)(H,29,32). The molecule has 8 nitrogen and oxygen atoms in total. The van der Waals surface area contributed by atoms with Gasteiger partial charge in [0, 0.05) is 36.6 Å². The van der Waals surface area contributed by atoms with E-state index in [-0.39, 0.29) is 29.9 Å². The molecule has 0 atom stereocenters. The third kappa shape index (κ3) is 5.82. The van der Waals surface area contributed by atoms with Crippen LogP contribution in [0.3, 0.4) is 0 Å². The van der Waals surface area contributed by atoms with Crippen molar-refractivity contribution in [1.29, 1.82) is 0 Å². The van der Waals surface area contributed by atoms with E-state index in [1.54, 1.807) is 54.7 Å². The molecule has 0 bridgehead atoms. The van der Waals surface area contributed by atoms with E-state index >= 15 is 0 Å². The minimum atomic E-state index is -0.343. The van der Waals surface area contributed by atoms with Gasteiger partial charge in [0.05, 0.1) is 12.0 Å². The number of para-hydroxylation sites is 1. The molecule has 0 aliphatic rings. The van der Waals surface area contributed by atoms with Gasteiger partial charge in [-0.25, -0.2) is 0 Å². The summed E-state index contributed by atoms with van der Waals surface area (Å²) in [4.78, 5) is 40.4. The molecule has 4 aromatic rings. The number of anilines is 1. The van der Waals surface area contributed by atoms with Gasteiger partial charge in [-0.1, -0.05) is 30.3 Å². The highest BCUT2D eigenvalue weighted by atomic mass is 16.3. The van der Waals surface area contributed by atoms with E-state index < -0.39 is 0 Å². The molecule has 8 heteroatoms. The highest BCUT2D eigenvalue weighted by Gasteiger charge is 2.12. The predicted octanol–water partition coefficient (Wildman–Crippen LogP) is 3.17. The average molecular weight is 442 g/mol. The summed E-state index contributed by atoms with van der Waals surface area (Å²) in [7, 11) is 0. The number of nitrogens with zero attached hydrogens (tertiary/aromatic N) is 1. The summed E-state index contributed by atoms with van der Waals surface area (Å²) in [5, 5.41) is 9.14. The number of carbonyl (C=O) groups is 3. The van der Waals surface area contributed by atoms with Crippen LogP contribution >= 0.6 is 0 Å².